The van der Waals surface area contributed by atoms with Gasteiger partial charge in [-0.15, -0.1) is 0 Å². The number of hydrogen-bond acceptors (Lipinski definition) is 3. The number of ether oxygens (including phenoxy) is 1. The first-order valence-electron chi connectivity index (χ1n) is 13.4. The maximum absolute atomic E-state index is 14.3. The molecule has 0 radical (unpaired) electrons. The van der Waals surface area contributed by atoms with Gasteiger partial charge in [-0.05, 0) is 79.6 Å². The van der Waals surface area contributed by atoms with Gasteiger partial charge < -0.3 is 10.1 Å². The fourth-order valence-corrected chi connectivity index (χ4v) is 6.90. The maximum Gasteiger partial charge on any atom is 0.392 e. The van der Waals surface area contributed by atoms with Crippen LogP contribution in [0.15, 0.2) is 65.9 Å². The number of fused-ring (bicyclic) bond motifs is 4. The number of anilines is 1. The van der Waals surface area contributed by atoms with Crippen LogP contribution in [0.5, 0.6) is 5.75 Å². The van der Waals surface area contributed by atoms with E-state index in [1.165, 1.54) is 31.4 Å². The first-order chi connectivity index (χ1) is 19.5. The van der Waals surface area contributed by atoms with Crippen LogP contribution in [0.1, 0.15) is 37.4 Å². The van der Waals surface area contributed by atoms with E-state index < -0.39 is 41.1 Å². The molecule has 5 nitrogen and oxygen atoms in total. The third-order valence-electron chi connectivity index (χ3n) is 8.88. The van der Waals surface area contributed by atoms with Gasteiger partial charge in [0.15, 0.2) is 11.6 Å². The van der Waals surface area contributed by atoms with Gasteiger partial charge in [0.25, 0.3) is 0 Å². The molecule has 214 valence electrons. The molecule has 1 amide bonds. The quantitative estimate of drug-likeness (QED) is 0.266. The number of benzene rings is 2. The molecule has 3 aliphatic rings. The van der Waals surface area contributed by atoms with E-state index in [-0.39, 0.29) is 23.7 Å². The van der Waals surface area contributed by atoms with Gasteiger partial charge in [0, 0.05) is 17.2 Å². The lowest BCUT2D eigenvalue weighted by molar-refractivity contribution is -0.196. The summed E-state index contributed by atoms with van der Waals surface area (Å²) in [6.07, 6.45) is 1.97. The molecule has 6 rings (SSSR count). The van der Waals surface area contributed by atoms with Crippen LogP contribution in [0.3, 0.4) is 0 Å². The van der Waals surface area contributed by atoms with E-state index >= 15 is 0 Å². The van der Waals surface area contributed by atoms with Gasteiger partial charge >= 0.3 is 6.18 Å². The number of rotatable bonds is 4. The van der Waals surface area contributed by atoms with Crippen molar-refractivity contribution >= 4 is 17.7 Å². The number of aromatic nitrogens is 2. The predicted molar refractivity (Wildman–Crippen MR) is 143 cm³/mol. The average Bonchev–Trinajstić information content (AvgIpc) is 3.33. The fourth-order valence-electron chi connectivity index (χ4n) is 6.90. The molecular formula is C31H28F5N3O2. The van der Waals surface area contributed by atoms with Crippen molar-refractivity contribution in [2.45, 2.75) is 38.8 Å². The summed E-state index contributed by atoms with van der Waals surface area (Å²) in [5.74, 6) is -5.72. The zero-order valence-electron chi connectivity index (χ0n) is 22.4. The molecule has 1 N–H and O–H groups in total. The molecule has 1 heterocycles. The second-order valence-corrected chi connectivity index (χ2v) is 11.2. The van der Waals surface area contributed by atoms with Crippen molar-refractivity contribution in [3.8, 4) is 11.4 Å². The molecule has 41 heavy (non-hydrogen) atoms. The molecule has 1 fully saturated rings. The summed E-state index contributed by atoms with van der Waals surface area (Å²) in [5, 5.41) is 7.07. The number of hydrogen-bond donors (Lipinski definition) is 1. The van der Waals surface area contributed by atoms with Crippen molar-refractivity contribution in [3.05, 3.63) is 88.8 Å². The lowest BCUT2D eigenvalue weighted by Gasteiger charge is -2.50. The molecular weight excluding hydrogens is 541 g/mol. The lowest BCUT2D eigenvalue weighted by atomic mass is 9.54. The molecule has 1 aromatic heterocycles. The monoisotopic (exact) mass is 569 g/mol. The van der Waals surface area contributed by atoms with Crippen LogP contribution in [0.2, 0.25) is 0 Å². The van der Waals surface area contributed by atoms with E-state index in [0.29, 0.717) is 24.9 Å². The summed E-state index contributed by atoms with van der Waals surface area (Å²) in [4.78, 5) is 13.5. The van der Waals surface area contributed by atoms with E-state index in [4.69, 9.17) is 4.74 Å². The topological polar surface area (TPSA) is 56.1 Å². The highest BCUT2D eigenvalue weighted by Gasteiger charge is 2.56. The third-order valence-corrected chi connectivity index (χ3v) is 8.88. The summed E-state index contributed by atoms with van der Waals surface area (Å²) < 4.78 is 77.3. The smallest absolute Gasteiger partial charge is 0.392 e. The highest BCUT2D eigenvalue weighted by molar-refractivity contribution is 5.93. The normalized spacial score (nSPS) is 25.3. The minimum absolute atomic E-state index is 0.0296. The third kappa shape index (κ3) is 4.63. The zero-order valence-corrected chi connectivity index (χ0v) is 22.4. The van der Waals surface area contributed by atoms with E-state index in [9.17, 15) is 26.7 Å². The van der Waals surface area contributed by atoms with Crippen LogP contribution in [-0.4, -0.2) is 29.0 Å². The molecule has 0 aliphatic heterocycles. The molecule has 0 unspecified atom stereocenters. The van der Waals surface area contributed by atoms with Crippen molar-refractivity contribution in [2.24, 2.45) is 23.2 Å². The van der Waals surface area contributed by atoms with E-state index in [1.807, 2.05) is 13.0 Å². The van der Waals surface area contributed by atoms with E-state index in [1.54, 1.807) is 29.1 Å². The molecule has 1 saturated carbocycles. The van der Waals surface area contributed by atoms with Crippen molar-refractivity contribution in [2.75, 3.05) is 12.4 Å². The van der Waals surface area contributed by atoms with Crippen LogP contribution < -0.4 is 10.1 Å². The number of carbonyl (C=O) groups excluding carboxylic acids is 1. The first kappa shape index (κ1) is 27.2. The lowest BCUT2D eigenvalue weighted by Crippen LogP contribution is -2.49. The molecule has 0 spiro atoms. The number of amides is 1. The number of nitrogens with zero attached hydrogens (tertiary/aromatic N) is 2. The number of allylic oxidation sites excluding steroid dienone is 3. The number of halogens is 5. The molecule has 3 aliphatic carbocycles. The van der Waals surface area contributed by atoms with Crippen molar-refractivity contribution in [1.29, 1.82) is 0 Å². The van der Waals surface area contributed by atoms with Crippen molar-refractivity contribution in [3.63, 3.8) is 0 Å². The summed E-state index contributed by atoms with van der Waals surface area (Å²) in [5.41, 5.74) is 3.89. The SMILES string of the molecule is COc1ccc(NC(=O)[C@H]2[C@H](C(F)(F)F)CC=C3[C@@H]2CCC2=Cc4c(cnn4-c4ccc(F)cc4)C[C@@]23C)cc1F. The van der Waals surface area contributed by atoms with Gasteiger partial charge in [-0.1, -0.05) is 24.1 Å². The number of carbonyl (C=O) groups is 1. The summed E-state index contributed by atoms with van der Waals surface area (Å²) in [6, 6.07) is 9.79. The Bertz CT molecular complexity index is 1570. The van der Waals surface area contributed by atoms with Gasteiger partial charge in [0.1, 0.15) is 5.82 Å². The van der Waals surface area contributed by atoms with Gasteiger partial charge in [-0.3, -0.25) is 4.79 Å². The molecule has 0 saturated heterocycles. The standard InChI is InChI=1S/C31H28F5N3O2/c1-30-15-17-16-37-39(21-7-4-19(32)5-8-21)26(17)13-18(30)3-9-22-23(30)10-11-24(31(34,35)36)28(22)29(40)38-20-6-12-27(41-2)25(33)14-20/h4-8,10,12-14,16,22,24,28H,3,9,11,15H2,1-2H3,(H,38,40)/t22-,24+,28+,30-/m0/s1. The highest BCUT2D eigenvalue weighted by atomic mass is 19.4. The van der Waals surface area contributed by atoms with Crippen LogP contribution >= 0.6 is 0 Å². The van der Waals surface area contributed by atoms with Crippen LogP contribution in [0.4, 0.5) is 27.6 Å². The number of methoxy groups -OCH3 is 1. The number of alkyl halides is 3. The molecule has 2 aromatic carbocycles. The van der Waals surface area contributed by atoms with Gasteiger partial charge in [0.2, 0.25) is 5.91 Å². The minimum atomic E-state index is -4.58. The Hall–Kier alpha value is -3.95. The number of nitrogens with one attached hydrogen (secondary N) is 1. The second kappa shape index (κ2) is 9.85. The van der Waals surface area contributed by atoms with Gasteiger partial charge in [0.05, 0.1) is 36.5 Å². The van der Waals surface area contributed by atoms with Crippen LogP contribution in [0, 0.1) is 34.8 Å². The Morgan fingerprint density at radius 1 is 1.15 bits per heavy atom. The summed E-state index contributed by atoms with van der Waals surface area (Å²) in [7, 11) is 1.30. The Balaban J connectivity index is 1.34. The Kier molecular flexibility index (Phi) is 6.54. The Labute approximate surface area is 233 Å². The minimum Gasteiger partial charge on any atom is -0.494 e. The maximum atomic E-state index is 14.3. The molecule has 10 heteroatoms. The summed E-state index contributed by atoms with van der Waals surface area (Å²) >= 11 is 0. The fraction of sp³-hybridized carbons (Fsp3) is 0.355. The van der Waals surface area contributed by atoms with Crippen molar-refractivity contribution in [1.82, 2.24) is 9.78 Å². The van der Waals surface area contributed by atoms with Gasteiger partial charge in [-0.25, -0.2) is 13.5 Å². The second-order valence-electron chi connectivity index (χ2n) is 11.2. The Morgan fingerprint density at radius 2 is 1.90 bits per heavy atom. The first-order valence-corrected chi connectivity index (χ1v) is 13.4. The van der Waals surface area contributed by atoms with Crippen LogP contribution in [0.25, 0.3) is 11.8 Å². The molecule has 0 bridgehead atoms. The summed E-state index contributed by atoms with van der Waals surface area (Å²) in [6.45, 7) is 2.02. The zero-order chi connectivity index (χ0) is 29.1. The van der Waals surface area contributed by atoms with E-state index in [2.05, 4.69) is 10.4 Å². The largest absolute Gasteiger partial charge is 0.494 e. The van der Waals surface area contributed by atoms with E-state index in [0.717, 1.165) is 28.5 Å². The van der Waals surface area contributed by atoms with Crippen LogP contribution in [-0.2, 0) is 11.2 Å². The predicted octanol–water partition coefficient (Wildman–Crippen LogP) is 7.28. The van der Waals surface area contributed by atoms with Gasteiger partial charge in [-0.2, -0.15) is 18.3 Å². The molecule has 3 aromatic rings. The molecule has 4 atom stereocenters. The van der Waals surface area contributed by atoms with Crippen molar-refractivity contribution < 1.29 is 31.5 Å². The average molecular weight is 570 g/mol. The highest BCUT2D eigenvalue weighted by Crippen LogP contribution is 2.59. The Morgan fingerprint density at radius 3 is 2.59 bits per heavy atom.